The fraction of sp³-hybridized carbons (Fsp3) is 0. The molecule has 0 saturated heterocycles. The van der Waals surface area contributed by atoms with Gasteiger partial charge in [-0.05, 0) is 0 Å². The predicted molar refractivity (Wildman–Crippen MR) is 41.5 cm³/mol. The van der Waals surface area contributed by atoms with E-state index < -0.39 is 13.5 Å². The van der Waals surface area contributed by atoms with Gasteiger partial charge in [0.2, 0.25) is 0 Å². The number of nitrogen functional groups attached to an aromatic ring is 1. The van der Waals surface area contributed by atoms with Gasteiger partial charge in [-0.25, -0.2) is 9.36 Å². The summed E-state index contributed by atoms with van der Waals surface area (Å²) >= 11 is 0. The lowest BCUT2D eigenvalue weighted by atomic mass is 10.6. The Morgan fingerprint density at radius 3 is 2.69 bits per heavy atom. The van der Waals surface area contributed by atoms with E-state index in [0.29, 0.717) is 4.73 Å². The Labute approximate surface area is 71.8 Å². The molecule has 0 amide bonds. The van der Waals surface area contributed by atoms with Gasteiger partial charge in [0, 0.05) is 6.07 Å². The second kappa shape index (κ2) is 3.17. The summed E-state index contributed by atoms with van der Waals surface area (Å²) in [6.45, 7) is 0. The van der Waals surface area contributed by atoms with Crippen molar-refractivity contribution in [1.29, 1.82) is 0 Å². The van der Waals surface area contributed by atoms with Crippen molar-refractivity contribution in [3.05, 3.63) is 22.7 Å². The molecular formula is C4H6N3O5P. The van der Waals surface area contributed by atoms with E-state index in [1.807, 2.05) is 0 Å². The van der Waals surface area contributed by atoms with Crippen LogP contribution in [0.15, 0.2) is 17.1 Å². The van der Waals surface area contributed by atoms with Crippen LogP contribution in [0.5, 0.6) is 0 Å². The number of anilines is 1. The standard InChI is InChI=1S/C4H6N3O5P/c5-3-1-2-7(4(8)6-3)12-13(9,10)11/h1-2H,(H2,5,6,8)(H2,9,10,11). The Hall–Kier alpha value is -1.37. The number of nitrogens with zero attached hydrogens (tertiary/aromatic N) is 2. The fourth-order valence-corrected chi connectivity index (χ4v) is 0.935. The summed E-state index contributed by atoms with van der Waals surface area (Å²) in [7, 11) is -4.75. The topological polar surface area (TPSA) is 128 Å². The largest absolute Gasteiger partial charge is 0.544 e. The van der Waals surface area contributed by atoms with Gasteiger partial charge in [0.25, 0.3) is 0 Å². The van der Waals surface area contributed by atoms with E-state index in [4.69, 9.17) is 15.5 Å². The van der Waals surface area contributed by atoms with E-state index in [1.165, 1.54) is 0 Å². The molecule has 4 N–H and O–H groups in total. The molecule has 8 nitrogen and oxygen atoms in total. The minimum absolute atomic E-state index is 0.0597. The molecule has 1 aromatic rings. The van der Waals surface area contributed by atoms with Crippen LogP contribution in [-0.2, 0) is 4.57 Å². The molecule has 0 aliphatic heterocycles. The summed E-state index contributed by atoms with van der Waals surface area (Å²) < 4.78 is 14.5. The summed E-state index contributed by atoms with van der Waals surface area (Å²) in [4.78, 5) is 30.7. The van der Waals surface area contributed by atoms with E-state index in [0.717, 1.165) is 12.3 Å². The fourth-order valence-electron chi connectivity index (χ4n) is 0.582. The average molecular weight is 207 g/mol. The van der Waals surface area contributed by atoms with E-state index in [9.17, 15) is 9.36 Å². The van der Waals surface area contributed by atoms with Crippen molar-refractivity contribution in [1.82, 2.24) is 9.71 Å². The van der Waals surface area contributed by atoms with Crippen molar-refractivity contribution in [2.24, 2.45) is 0 Å². The summed E-state index contributed by atoms with van der Waals surface area (Å²) in [5, 5.41) is 0. The van der Waals surface area contributed by atoms with Crippen molar-refractivity contribution in [2.75, 3.05) is 5.73 Å². The van der Waals surface area contributed by atoms with Gasteiger partial charge in [0.15, 0.2) is 0 Å². The molecule has 1 heterocycles. The molecule has 72 valence electrons. The average Bonchev–Trinajstić information content (AvgIpc) is 1.93. The first kappa shape index (κ1) is 9.72. The molecule has 9 heteroatoms. The minimum atomic E-state index is -4.75. The smallest absolute Gasteiger partial charge is 0.383 e. The monoisotopic (exact) mass is 207 g/mol. The highest BCUT2D eigenvalue weighted by atomic mass is 31.2. The third-order valence-corrected chi connectivity index (χ3v) is 1.38. The van der Waals surface area contributed by atoms with Crippen LogP contribution < -0.4 is 16.0 Å². The molecular weight excluding hydrogens is 201 g/mol. The molecule has 1 rings (SSSR count). The second-order valence-electron chi connectivity index (χ2n) is 2.03. The van der Waals surface area contributed by atoms with Crippen LogP contribution in [0.1, 0.15) is 0 Å². The number of hydrogen-bond acceptors (Lipinski definition) is 5. The third-order valence-electron chi connectivity index (χ3n) is 0.988. The van der Waals surface area contributed by atoms with Gasteiger partial charge in [-0.15, -0.1) is 4.73 Å². The first-order chi connectivity index (χ1) is 5.88. The third kappa shape index (κ3) is 2.86. The van der Waals surface area contributed by atoms with Crippen molar-refractivity contribution >= 4 is 13.6 Å². The van der Waals surface area contributed by atoms with Crippen LogP contribution in [0, 0.1) is 0 Å². The van der Waals surface area contributed by atoms with Gasteiger partial charge in [-0.3, -0.25) is 9.79 Å². The predicted octanol–water partition coefficient (Wildman–Crippen LogP) is -1.65. The molecule has 1 aromatic heterocycles. The molecule has 0 saturated carbocycles. The molecule has 0 aliphatic rings. The van der Waals surface area contributed by atoms with Crippen LogP contribution in [0.2, 0.25) is 0 Å². The number of phosphoric acid groups is 1. The highest BCUT2D eigenvalue weighted by molar-refractivity contribution is 7.46. The zero-order chi connectivity index (χ0) is 10.1. The number of aromatic nitrogens is 2. The zero-order valence-electron chi connectivity index (χ0n) is 6.19. The summed E-state index contributed by atoms with van der Waals surface area (Å²) in [6, 6.07) is 1.16. The number of hydrogen-bond donors (Lipinski definition) is 3. The number of rotatable bonds is 2. The lowest BCUT2D eigenvalue weighted by molar-refractivity contribution is 0.168. The Morgan fingerprint density at radius 1 is 1.62 bits per heavy atom. The summed E-state index contributed by atoms with van der Waals surface area (Å²) in [5.41, 5.74) is 4.12. The Kier molecular flexibility index (Phi) is 2.37. The Morgan fingerprint density at radius 2 is 2.23 bits per heavy atom. The van der Waals surface area contributed by atoms with Crippen molar-refractivity contribution in [3.63, 3.8) is 0 Å². The van der Waals surface area contributed by atoms with E-state index in [1.54, 1.807) is 0 Å². The summed E-state index contributed by atoms with van der Waals surface area (Å²) in [6.07, 6.45) is 0.962. The van der Waals surface area contributed by atoms with Crippen LogP contribution in [0.25, 0.3) is 0 Å². The zero-order valence-corrected chi connectivity index (χ0v) is 7.09. The van der Waals surface area contributed by atoms with Gasteiger partial charge < -0.3 is 10.4 Å². The van der Waals surface area contributed by atoms with Gasteiger partial charge in [-0.2, -0.15) is 4.98 Å². The SMILES string of the molecule is Nc1ccn(OP(=O)(O)O)c(=O)n1. The molecule has 0 aromatic carbocycles. The molecule has 0 aliphatic carbocycles. The maximum Gasteiger partial charge on any atom is 0.544 e. The van der Waals surface area contributed by atoms with Gasteiger partial charge >= 0.3 is 13.5 Å². The molecule has 0 spiro atoms. The van der Waals surface area contributed by atoms with Crippen LogP contribution in [-0.4, -0.2) is 19.5 Å². The molecule has 0 radical (unpaired) electrons. The van der Waals surface area contributed by atoms with Gasteiger partial charge in [0.1, 0.15) is 5.82 Å². The van der Waals surface area contributed by atoms with Crippen LogP contribution >= 0.6 is 7.82 Å². The highest BCUT2D eigenvalue weighted by Crippen LogP contribution is 2.30. The Balaban J connectivity index is 3.04. The van der Waals surface area contributed by atoms with Crippen molar-refractivity contribution in [3.8, 4) is 0 Å². The van der Waals surface area contributed by atoms with Crippen molar-refractivity contribution in [2.45, 2.75) is 0 Å². The van der Waals surface area contributed by atoms with E-state index in [2.05, 4.69) is 9.61 Å². The normalized spacial score (nSPS) is 11.2. The quantitative estimate of drug-likeness (QED) is 0.495. The lowest BCUT2D eigenvalue weighted by Crippen LogP contribution is -2.27. The Bertz CT molecular complexity index is 408. The lowest BCUT2D eigenvalue weighted by Gasteiger charge is -2.06. The summed E-state index contributed by atoms with van der Waals surface area (Å²) in [5.74, 6) is -0.0597. The molecule has 0 unspecified atom stereocenters. The van der Waals surface area contributed by atoms with E-state index >= 15 is 0 Å². The molecule has 0 atom stereocenters. The van der Waals surface area contributed by atoms with Gasteiger partial charge in [0.05, 0.1) is 6.20 Å². The van der Waals surface area contributed by atoms with Crippen molar-refractivity contribution < 1.29 is 19.0 Å². The number of nitrogens with two attached hydrogens (primary N) is 1. The highest BCUT2D eigenvalue weighted by Gasteiger charge is 2.17. The minimum Gasteiger partial charge on any atom is -0.383 e. The van der Waals surface area contributed by atoms with Crippen LogP contribution in [0.3, 0.4) is 0 Å². The maximum atomic E-state index is 10.8. The molecule has 0 bridgehead atoms. The molecule has 13 heavy (non-hydrogen) atoms. The second-order valence-corrected chi connectivity index (χ2v) is 3.18. The first-order valence-electron chi connectivity index (χ1n) is 2.99. The van der Waals surface area contributed by atoms with E-state index in [-0.39, 0.29) is 5.82 Å². The first-order valence-corrected chi connectivity index (χ1v) is 4.52. The maximum absolute atomic E-state index is 10.8. The molecule has 0 fully saturated rings. The van der Waals surface area contributed by atoms with Crippen LogP contribution in [0.4, 0.5) is 5.82 Å². The van der Waals surface area contributed by atoms with Gasteiger partial charge in [-0.1, -0.05) is 0 Å².